The molecule has 5 nitrogen and oxygen atoms in total. The number of piperidine rings is 1. The standard InChI is InChI=1S/C17H26N2O3/c1-11(2)17(21)19-9-7-14(8-10-19)16(20)18-13(4)15-6-5-12(3)22-15/h5-6,11,13-14H,7-10H2,1-4H3,(H,18,20). The molecule has 1 aliphatic rings. The molecule has 1 atom stereocenters. The lowest BCUT2D eigenvalue weighted by Crippen LogP contribution is -2.44. The summed E-state index contributed by atoms with van der Waals surface area (Å²) in [7, 11) is 0. The molecule has 1 aliphatic heterocycles. The summed E-state index contributed by atoms with van der Waals surface area (Å²) in [5.74, 6) is 1.86. The van der Waals surface area contributed by atoms with Gasteiger partial charge in [0.25, 0.3) is 0 Å². The van der Waals surface area contributed by atoms with E-state index in [1.165, 1.54) is 0 Å². The predicted molar refractivity (Wildman–Crippen MR) is 84.1 cm³/mol. The summed E-state index contributed by atoms with van der Waals surface area (Å²) < 4.78 is 5.54. The van der Waals surface area contributed by atoms with Gasteiger partial charge >= 0.3 is 0 Å². The number of hydrogen-bond acceptors (Lipinski definition) is 3. The second kappa shape index (κ2) is 6.99. The minimum absolute atomic E-state index is 0.0188. The SMILES string of the molecule is Cc1ccc(C(C)NC(=O)C2CCN(C(=O)C(C)C)CC2)o1. The van der Waals surface area contributed by atoms with Gasteiger partial charge in [0.05, 0.1) is 6.04 Å². The van der Waals surface area contributed by atoms with Crippen LogP contribution in [0.1, 0.15) is 51.2 Å². The number of aryl methyl sites for hydroxylation is 1. The first-order valence-electron chi connectivity index (χ1n) is 8.04. The molecule has 1 fully saturated rings. The van der Waals surface area contributed by atoms with E-state index in [0.717, 1.165) is 24.4 Å². The van der Waals surface area contributed by atoms with E-state index in [-0.39, 0.29) is 29.7 Å². The van der Waals surface area contributed by atoms with Crippen LogP contribution in [0.2, 0.25) is 0 Å². The molecule has 1 saturated heterocycles. The lowest BCUT2D eigenvalue weighted by Gasteiger charge is -2.32. The zero-order chi connectivity index (χ0) is 16.3. The van der Waals surface area contributed by atoms with Crippen molar-refractivity contribution < 1.29 is 14.0 Å². The molecular weight excluding hydrogens is 280 g/mol. The van der Waals surface area contributed by atoms with E-state index in [2.05, 4.69) is 5.32 Å². The van der Waals surface area contributed by atoms with E-state index in [1.54, 1.807) is 0 Å². The Hall–Kier alpha value is -1.78. The lowest BCUT2D eigenvalue weighted by molar-refractivity contribution is -0.138. The minimum atomic E-state index is -0.128. The molecule has 0 radical (unpaired) electrons. The van der Waals surface area contributed by atoms with Gasteiger partial charge in [-0.1, -0.05) is 13.8 Å². The van der Waals surface area contributed by atoms with Crippen LogP contribution in [-0.4, -0.2) is 29.8 Å². The van der Waals surface area contributed by atoms with Gasteiger partial charge in [0.15, 0.2) is 0 Å². The largest absolute Gasteiger partial charge is 0.464 e. The third kappa shape index (κ3) is 3.90. The van der Waals surface area contributed by atoms with E-state index in [4.69, 9.17) is 4.42 Å². The normalized spacial score (nSPS) is 17.6. The van der Waals surface area contributed by atoms with Gasteiger partial charge in [-0.25, -0.2) is 0 Å². The first-order valence-corrected chi connectivity index (χ1v) is 8.04. The van der Waals surface area contributed by atoms with Crippen LogP contribution >= 0.6 is 0 Å². The van der Waals surface area contributed by atoms with Crippen LogP contribution in [0.25, 0.3) is 0 Å². The highest BCUT2D eigenvalue weighted by atomic mass is 16.3. The summed E-state index contributed by atoms with van der Waals surface area (Å²) in [6.07, 6.45) is 1.46. The number of carbonyl (C=O) groups excluding carboxylic acids is 2. The Morgan fingerprint density at radius 2 is 1.86 bits per heavy atom. The fraction of sp³-hybridized carbons (Fsp3) is 0.647. The van der Waals surface area contributed by atoms with Crippen molar-refractivity contribution in [3.05, 3.63) is 23.7 Å². The molecule has 1 aromatic rings. The fourth-order valence-corrected chi connectivity index (χ4v) is 2.82. The number of nitrogens with zero attached hydrogens (tertiary/aromatic N) is 1. The Balaban J connectivity index is 1.83. The molecule has 2 heterocycles. The number of rotatable bonds is 4. The molecule has 1 aromatic heterocycles. The predicted octanol–water partition coefficient (Wildman–Crippen LogP) is 2.66. The minimum Gasteiger partial charge on any atom is -0.464 e. The van der Waals surface area contributed by atoms with E-state index >= 15 is 0 Å². The third-order valence-electron chi connectivity index (χ3n) is 4.22. The molecule has 22 heavy (non-hydrogen) atoms. The van der Waals surface area contributed by atoms with Gasteiger partial charge in [-0.05, 0) is 38.8 Å². The molecule has 2 rings (SSSR count). The van der Waals surface area contributed by atoms with Crippen molar-refractivity contribution in [3.63, 3.8) is 0 Å². The summed E-state index contributed by atoms with van der Waals surface area (Å²) in [4.78, 5) is 26.2. The summed E-state index contributed by atoms with van der Waals surface area (Å²) in [5.41, 5.74) is 0. The molecular formula is C17H26N2O3. The first-order chi connectivity index (χ1) is 10.4. The van der Waals surface area contributed by atoms with E-state index in [9.17, 15) is 9.59 Å². The smallest absolute Gasteiger partial charge is 0.225 e. The van der Waals surface area contributed by atoms with Gasteiger partial charge in [0.1, 0.15) is 11.5 Å². The highest BCUT2D eigenvalue weighted by molar-refractivity contribution is 5.81. The Kier molecular flexibility index (Phi) is 5.27. The molecule has 5 heteroatoms. The zero-order valence-corrected chi connectivity index (χ0v) is 13.9. The summed E-state index contributed by atoms with van der Waals surface area (Å²) in [6.45, 7) is 8.97. The van der Waals surface area contributed by atoms with E-state index in [0.29, 0.717) is 13.1 Å². The van der Waals surface area contributed by atoms with Crippen molar-refractivity contribution in [3.8, 4) is 0 Å². The van der Waals surface area contributed by atoms with Crippen LogP contribution in [0.5, 0.6) is 0 Å². The van der Waals surface area contributed by atoms with Crippen LogP contribution in [0.3, 0.4) is 0 Å². The molecule has 0 saturated carbocycles. The molecule has 1 unspecified atom stereocenters. The van der Waals surface area contributed by atoms with Crippen LogP contribution in [-0.2, 0) is 9.59 Å². The van der Waals surface area contributed by atoms with E-state index in [1.807, 2.05) is 44.7 Å². The third-order valence-corrected chi connectivity index (χ3v) is 4.22. The molecule has 0 aliphatic carbocycles. The van der Waals surface area contributed by atoms with Crippen LogP contribution in [0.15, 0.2) is 16.5 Å². The van der Waals surface area contributed by atoms with Crippen molar-refractivity contribution in [2.45, 2.75) is 46.6 Å². The van der Waals surface area contributed by atoms with Crippen molar-refractivity contribution >= 4 is 11.8 Å². The maximum absolute atomic E-state index is 12.3. The molecule has 2 amide bonds. The average Bonchev–Trinajstić information content (AvgIpc) is 2.93. The maximum Gasteiger partial charge on any atom is 0.225 e. The van der Waals surface area contributed by atoms with Gasteiger partial charge < -0.3 is 14.6 Å². The average molecular weight is 306 g/mol. The number of hydrogen-bond donors (Lipinski definition) is 1. The number of likely N-dealkylation sites (tertiary alicyclic amines) is 1. The Labute approximate surface area is 132 Å². The van der Waals surface area contributed by atoms with Crippen molar-refractivity contribution in [2.24, 2.45) is 11.8 Å². The topological polar surface area (TPSA) is 62.6 Å². The lowest BCUT2D eigenvalue weighted by atomic mass is 9.94. The Bertz CT molecular complexity index is 528. The first kappa shape index (κ1) is 16.6. The molecule has 1 N–H and O–H groups in total. The summed E-state index contributed by atoms with van der Waals surface area (Å²) in [6, 6.07) is 3.66. The van der Waals surface area contributed by atoms with Gasteiger partial charge in [-0.15, -0.1) is 0 Å². The number of furan rings is 1. The van der Waals surface area contributed by atoms with Gasteiger partial charge in [-0.3, -0.25) is 9.59 Å². The van der Waals surface area contributed by atoms with Crippen molar-refractivity contribution in [1.29, 1.82) is 0 Å². The Morgan fingerprint density at radius 3 is 2.36 bits per heavy atom. The number of nitrogens with one attached hydrogen (secondary N) is 1. The zero-order valence-electron chi connectivity index (χ0n) is 13.9. The van der Waals surface area contributed by atoms with Crippen molar-refractivity contribution in [2.75, 3.05) is 13.1 Å². The molecule has 0 spiro atoms. The maximum atomic E-state index is 12.3. The molecule has 0 aromatic carbocycles. The quantitative estimate of drug-likeness (QED) is 0.930. The summed E-state index contributed by atoms with van der Waals surface area (Å²) >= 11 is 0. The fourth-order valence-electron chi connectivity index (χ4n) is 2.82. The van der Waals surface area contributed by atoms with Crippen molar-refractivity contribution in [1.82, 2.24) is 10.2 Å². The molecule has 0 bridgehead atoms. The summed E-state index contributed by atoms with van der Waals surface area (Å²) in [5, 5.41) is 3.01. The number of carbonyl (C=O) groups is 2. The second-order valence-electron chi connectivity index (χ2n) is 6.43. The number of amides is 2. The van der Waals surface area contributed by atoms with Crippen LogP contribution < -0.4 is 5.32 Å². The molecule has 122 valence electrons. The highest BCUT2D eigenvalue weighted by Gasteiger charge is 2.29. The highest BCUT2D eigenvalue weighted by Crippen LogP contribution is 2.21. The second-order valence-corrected chi connectivity index (χ2v) is 6.43. The van der Waals surface area contributed by atoms with Gasteiger partial charge in [-0.2, -0.15) is 0 Å². The van der Waals surface area contributed by atoms with Gasteiger partial charge in [0.2, 0.25) is 11.8 Å². The van der Waals surface area contributed by atoms with Gasteiger partial charge in [0, 0.05) is 24.9 Å². The van der Waals surface area contributed by atoms with Crippen LogP contribution in [0.4, 0.5) is 0 Å². The Morgan fingerprint density at radius 1 is 1.23 bits per heavy atom. The van der Waals surface area contributed by atoms with E-state index < -0.39 is 0 Å². The van der Waals surface area contributed by atoms with Crippen LogP contribution in [0, 0.1) is 18.8 Å². The monoisotopic (exact) mass is 306 g/mol.